The summed E-state index contributed by atoms with van der Waals surface area (Å²) in [5.41, 5.74) is 2.24. The lowest BCUT2D eigenvalue weighted by molar-refractivity contribution is -0.121. The number of likely N-dealkylation sites (N-methyl/N-ethyl adjacent to an activating group) is 1. The fourth-order valence-corrected chi connectivity index (χ4v) is 6.86. The van der Waals surface area contributed by atoms with Crippen LogP contribution in [0.4, 0.5) is 10.8 Å². The van der Waals surface area contributed by atoms with Gasteiger partial charge in [0.1, 0.15) is 5.58 Å². The van der Waals surface area contributed by atoms with Crippen LogP contribution in [0.25, 0.3) is 21.2 Å². The molecule has 4 heterocycles. The third-order valence-corrected chi connectivity index (χ3v) is 8.16. The number of aryl methyl sites for hydroxylation is 2. The number of anilines is 2. The normalized spacial score (nSPS) is 18.6. The van der Waals surface area contributed by atoms with Gasteiger partial charge in [-0.05, 0) is 49.2 Å². The summed E-state index contributed by atoms with van der Waals surface area (Å²) in [4.78, 5) is 50.1. The minimum Gasteiger partial charge on any atom is -0.450 e. The molecule has 0 bridgehead atoms. The van der Waals surface area contributed by atoms with Gasteiger partial charge in [0.25, 0.3) is 11.8 Å². The second-order valence-corrected chi connectivity index (χ2v) is 10.3. The molecule has 2 amide bonds. The van der Waals surface area contributed by atoms with Crippen molar-refractivity contribution in [2.45, 2.75) is 19.4 Å². The third-order valence-electron chi connectivity index (χ3n) is 7.17. The quantitative estimate of drug-likeness (QED) is 0.332. The molecule has 0 radical (unpaired) electrons. The van der Waals surface area contributed by atoms with Gasteiger partial charge in [-0.15, -0.1) is 0 Å². The van der Waals surface area contributed by atoms with Crippen molar-refractivity contribution in [3.05, 3.63) is 98.9 Å². The highest BCUT2D eigenvalue weighted by Crippen LogP contribution is 2.54. The van der Waals surface area contributed by atoms with Gasteiger partial charge in [0, 0.05) is 18.3 Å². The van der Waals surface area contributed by atoms with Gasteiger partial charge < -0.3 is 9.32 Å². The number of fused-ring (bicyclic) bond motifs is 6. The van der Waals surface area contributed by atoms with E-state index in [2.05, 4.69) is 0 Å². The second kappa shape index (κ2) is 6.89. The number of para-hydroxylation sites is 2. The number of hydrogen-bond acceptors (Lipinski definition) is 6. The van der Waals surface area contributed by atoms with Crippen LogP contribution in [-0.2, 0) is 10.3 Å². The maximum Gasteiger partial charge on any atom is 0.297 e. The molecule has 2 aliphatic rings. The fourth-order valence-electron chi connectivity index (χ4n) is 5.67. The molecule has 7 nitrogen and oxygen atoms in total. The summed E-state index contributed by atoms with van der Waals surface area (Å²) >= 11 is 1.33. The van der Waals surface area contributed by atoms with Gasteiger partial charge in [0.15, 0.2) is 16.1 Å². The number of rotatable bonds is 1. The highest BCUT2D eigenvalue weighted by Gasteiger charge is 2.65. The van der Waals surface area contributed by atoms with Crippen LogP contribution in [0.5, 0.6) is 0 Å². The first-order valence-corrected chi connectivity index (χ1v) is 12.3. The predicted octanol–water partition coefficient (Wildman–Crippen LogP) is 4.90. The third kappa shape index (κ3) is 2.37. The predicted molar refractivity (Wildman–Crippen MR) is 139 cm³/mol. The molecule has 0 saturated carbocycles. The van der Waals surface area contributed by atoms with E-state index in [0.717, 1.165) is 21.3 Å². The maximum absolute atomic E-state index is 14.2. The molecule has 1 atom stereocenters. The van der Waals surface area contributed by atoms with Crippen molar-refractivity contribution < 1.29 is 14.0 Å². The zero-order valence-electron chi connectivity index (χ0n) is 19.7. The van der Waals surface area contributed by atoms with E-state index >= 15 is 0 Å². The van der Waals surface area contributed by atoms with E-state index in [1.165, 1.54) is 21.1 Å². The average molecular weight is 494 g/mol. The van der Waals surface area contributed by atoms with Crippen molar-refractivity contribution in [1.29, 1.82) is 0 Å². The van der Waals surface area contributed by atoms with E-state index in [-0.39, 0.29) is 11.3 Å². The monoisotopic (exact) mass is 493 g/mol. The summed E-state index contributed by atoms with van der Waals surface area (Å²) in [6, 6.07) is 18.1. The van der Waals surface area contributed by atoms with Crippen LogP contribution < -0.4 is 15.2 Å². The van der Waals surface area contributed by atoms with E-state index in [0.29, 0.717) is 27.4 Å². The topological polar surface area (TPSA) is 83.7 Å². The molecule has 7 rings (SSSR count). The minimum atomic E-state index is -1.71. The Kier molecular flexibility index (Phi) is 4.02. The second-order valence-electron chi connectivity index (χ2n) is 9.29. The lowest BCUT2D eigenvalue weighted by Crippen LogP contribution is -2.53. The zero-order chi connectivity index (χ0) is 24.9. The average Bonchev–Trinajstić information content (AvgIpc) is 3.47. The smallest absolute Gasteiger partial charge is 0.297 e. The summed E-state index contributed by atoms with van der Waals surface area (Å²) in [6.07, 6.45) is 0. The molecule has 36 heavy (non-hydrogen) atoms. The van der Waals surface area contributed by atoms with Crippen molar-refractivity contribution in [2.24, 2.45) is 0 Å². The first kappa shape index (κ1) is 21.0. The molecule has 0 saturated heterocycles. The van der Waals surface area contributed by atoms with Gasteiger partial charge in [-0.3, -0.25) is 19.3 Å². The van der Waals surface area contributed by atoms with Crippen molar-refractivity contribution in [3.63, 3.8) is 0 Å². The van der Waals surface area contributed by atoms with Crippen LogP contribution in [0.2, 0.25) is 0 Å². The Balaban J connectivity index is 1.64. The van der Waals surface area contributed by atoms with Gasteiger partial charge >= 0.3 is 0 Å². The number of hydrogen-bond donors (Lipinski definition) is 0. The number of carbonyl (C=O) groups is 2. The van der Waals surface area contributed by atoms with Crippen LogP contribution in [0.15, 0.2) is 69.9 Å². The number of carbonyl (C=O) groups excluding carboxylic acids is 2. The van der Waals surface area contributed by atoms with E-state index < -0.39 is 22.8 Å². The number of aromatic nitrogens is 1. The van der Waals surface area contributed by atoms with Crippen molar-refractivity contribution in [1.82, 2.24) is 4.98 Å². The Morgan fingerprint density at radius 2 is 1.72 bits per heavy atom. The van der Waals surface area contributed by atoms with Gasteiger partial charge in [-0.1, -0.05) is 47.7 Å². The molecule has 5 aromatic rings. The molecule has 1 unspecified atom stereocenters. The summed E-state index contributed by atoms with van der Waals surface area (Å²) in [7, 11) is 1.66. The van der Waals surface area contributed by atoms with Gasteiger partial charge in [0.05, 0.1) is 21.2 Å². The number of amides is 2. The molecular weight excluding hydrogens is 474 g/mol. The molecule has 8 heteroatoms. The molecule has 0 aliphatic carbocycles. The molecule has 3 aromatic carbocycles. The van der Waals surface area contributed by atoms with Gasteiger partial charge in [0.2, 0.25) is 5.76 Å². The Bertz CT molecular complexity index is 1870. The van der Waals surface area contributed by atoms with Crippen molar-refractivity contribution in [2.75, 3.05) is 16.8 Å². The van der Waals surface area contributed by atoms with Crippen LogP contribution in [0.3, 0.4) is 0 Å². The molecule has 0 N–H and O–H groups in total. The Hall–Kier alpha value is -4.30. The minimum absolute atomic E-state index is 0.0418. The lowest BCUT2D eigenvalue weighted by Gasteiger charge is -2.31. The van der Waals surface area contributed by atoms with Gasteiger partial charge in [-0.25, -0.2) is 4.98 Å². The first-order valence-electron chi connectivity index (χ1n) is 11.5. The highest BCUT2D eigenvalue weighted by molar-refractivity contribution is 7.22. The van der Waals surface area contributed by atoms with E-state index in [1.807, 2.05) is 44.2 Å². The largest absolute Gasteiger partial charge is 0.450 e. The van der Waals surface area contributed by atoms with Gasteiger partial charge in [-0.2, -0.15) is 0 Å². The van der Waals surface area contributed by atoms with E-state index in [4.69, 9.17) is 9.40 Å². The molecular formula is C28H19N3O4S. The van der Waals surface area contributed by atoms with Crippen LogP contribution in [0.1, 0.15) is 32.8 Å². The molecule has 2 aliphatic heterocycles. The number of nitrogens with zero attached hydrogens (tertiary/aromatic N) is 3. The summed E-state index contributed by atoms with van der Waals surface area (Å²) in [5, 5.41) is 0.665. The van der Waals surface area contributed by atoms with Crippen molar-refractivity contribution >= 4 is 55.2 Å². The fraction of sp³-hybridized carbons (Fsp3) is 0.143. The van der Waals surface area contributed by atoms with Crippen LogP contribution in [0, 0.1) is 13.8 Å². The zero-order valence-corrected chi connectivity index (χ0v) is 20.5. The Morgan fingerprint density at radius 3 is 2.56 bits per heavy atom. The Morgan fingerprint density at radius 1 is 0.972 bits per heavy atom. The summed E-state index contributed by atoms with van der Waals surface area (Å²) < 4.78 is 6.97. The first-order chi connectivity index (χ1) is 17.3. The summed E-state index contributed by atoms with van der Waals surface area (Å²) in [6.45, 7) is 3.97. The Labute approximate surface area is 209 Å². The lowest BCUT2D eigenvalue weighted by atomic mass is 9.84. The van der Waals surface area contributed by atoms with Crippen LogP contribution in [-0.4, -0.2) is 23.8 Å². The SMILES string of the molecule is Cc1cc(C)c2nc(N3C(=O)c4oc5ccccc5c(=O)c4C34C(=O)N(C)c3ccccc34)sc2c1. The van der Waals surface area contributed by atoms with Crippen molar-refractivity contribution in [3.8, 4) is 0 Å². The maximum atomic E-state index is 14.2. The number of benzene rings is 3. The van der Waals surface area contributed by atoms with Crippen LogP contribution >= 0.6 is 11.3 Å². The molecule has 176 valence electrons. The summed E-state index contributed by atoms with van der Waals surface area (Å²) in [5.74, 6) is -1.07. The van der Waals surface area contributed by atoms with E-state index in [1.54, 1.807) is 37.4 Å². The molecule has 1 spiro atoms. The van der Waals surface area contributed by atoms with E-state index in [9.17, 15) is 14.4 Å². The highest BCUT2D eigenvalue weighted by atomic mass is 32.1. The molecule has 2 aromatic heterocycles. The molecule has 0 fully saturated rings. The standard InChI is InChI=1S/C28H19N3O4S/c1-14-12-15(2)22-20(13-14)36-27(29-22)31-25(33)24-21(23(32)16-8-4-7-11-19(16)35-24)28(31)17-9-5-6-10-18(17)30(3)26(28)34/h4-13H,1-3H3. The number of thiazole rings is 1.